The van der Waals surface area contributed by atoms with Gasteiger partial charge in [-0.15, -0.1) is 0 Å². The minimum Gasteiger partial charge on any atom is -0.506 e. The molecule has 0 fully saturated rings. The van der Waals surface area contributed by atoms with Crippen molar-refractivity contribution in [3.8, 4) is 5.75 Å². The Hall–Kier alpha value is -4.10. The van der Waals surface area contributed by atoms with Crippen LogP contribution in [0, 0.1) is 0 Å². The van der Waals surface area contributed by atoms with E-state index in [1.54, 1.807) is 67.6 Å². The lowest BCUT2D eigenvalue weighted by Crippen LogP contribution is -2.19. The fraction of sp³-hybridized carbons (Fsp3) is 0.115. The van der Waals surface area contributed by atoms with Gasteiger partial charge in [0.15, 0.2) is 0 Å². The van der Waals surface area contributed by atoms with E-state index >= 15 is 0 Å². The Bertz CT molecular complexity index is 1190. The molecule has 0 aliphatic carbocycles. The van der Waals surface area contributed by atoms with Crippen molar-refractivity contribution in [1.82, 2.24) is 5.43 Å². The molecule has 3 aromatic rings. The van der Waals surface area contributed by atoms with Crippen molar-refractivity contribution in [2.24, 2.45) is 5.10 Å². The molecule has 0 spiro atoms. The number of esters is 1. The summed E-state index contributed by atoms with van der Waals surface area (Å²) in [6.07, 6.45) is 1.06. The molecule has 174 valence electrons. The zero-order valence-electron chi connectivity index (χ0n) is 18.4. The summed E-state index contributed by atoms with van der Waals surface area (Å²) in [6, 6.07) is 22.3. The van der Waals surface area contributed by atoms with Crippen molar-refractivity contribution >= 4 is 35.5 Å². The van der Waals surface area contributed by atoms with Crippen LogP contribution < -0.4 is 10.2 Å². The second-order valence-electron chi connectivity index (χ2n) is 6.99. The van der Waals surface area contributed by atoms with E-state index in [0.29, 0.717) is 28.5 Å². The van der Waals surface area contributed by atoms with Gasteiger partial charge in [-0.05, 0) is 48.9 Å². The fourth-order valence-corrected chi connectivity index (χ4v) is 3.10. The van der Waals surface area contributed by atoms with Gasteiger partial charge in [0.05, 0.1) is 12.8 Å². The molecule has 0 aliphatic heterocycles. The number of hydrogen-bond donors (Lipinski definition) is 2. The topological polar surface area (TPSA) is 97.2 Å². The number of nitrogens with one attached hydrogen (secondary N) is 1. The molecule has 0 saturated carbocycles. The van der Waals surface area contributed by atoms with Crippen molar-refractivity contribution in [3.63, 3.8) is 0 Å². The summed E-state index contributed by atoms with van der Waals surface area (Å²) in [5.74, 6) is -0.985. The van der Waals surface area contributed by atoms with Crippen LogP contribution in [0.15, 0.2) is 89.5 Å². The molecule has 0 atom stereocenters. The lowest BCUT2D eigenvalue weighted by atomic mass is 10.1. The first kappa shape index (κ1) is 24.5. The summed E-state index contributed by atoms with van der Waals surface area (Å²) in [7, 11) is 0. The van der Waals surface area contributed by atoms with E-state index in [1.165, 1.54) is 0 Å². The average molecular weight is 479 g/mol. The zero-order valence-corrected chi connectivity index (χ0v) is 19.2. The number of benzene rings is 3. The van der Waals surface area contributed by atoms with Gasteiger partial charge in [-0.3, -0.25) is 4.79 Å². The molecule has 7 nitrogen and oxygen atoms in total. The molecule has 0 saturated heterocycles. The highest BCUT2D eigenvalue weighted by molar-refractivity contribution is 6.30. The third-order valence-electron chi connectivity index (χ3n) is 4.57. The van der Waals surface area contributed by atoms with Crippen LogP contribution >= 0.6 is 11.6 Å². The molecule has 0 bridgehead atoms. The molecule has 0 heterocycles. The molecule has 0 radical (unpaired) electrons. The average Bonchev–Trinajstić information content (AvgIpc) is 2.86. The van der Waals surface area contributed by atoms with Gasteiger partial charge in [0, 0.05) is 16.1 Å². The lowest BCUT2D eigenvalue weighted by Gasteiger charge is -2.08. The summed E-state index contributed by atoms with van der Waals surface area (Å²) < 4.78 is 10.7. The standard InChI is InChI=1S/C26H23ClN2O5/c1-2-33-26(32)23(24(30)19-8-4-3-5-9-19)16-28-29-25(31)20-11-13-22(14-12-20)34-17-18-7-6-10-21(27)15-18/h3-16,30H,2,17H2,1H3,(H,29,31). The number of halogens is 1. The molecule has 8 heteroatoms. The molecule has 0 aliphatic rings. The van der Waals surface area contributed by atoms with E-state index in [9.17, 15) is 14.7 Å². The van der Waals surface area contributed by atoms with Crippen LogP contribution in [-0.2, 0) is 16.1 Å². The Morgan fingerprint density at radius 2 is 1.74 bits per heavy atom. The Morgan fingerprint density at radius 1 is 1.00 bits per heavy atom. The van der Waals surface area contributed by atoms with Crippen LogP contribution in [0.5, 0.6) is 5.75 Å². The predicted octanol–water partition coefficient (Wildman–Crippen LogP) is 5.17. The Kier molecular flexibility index (Phi) is 8.82. The number of carbonyl (C=O) groups is 2. The highest BCUT2D eigenvalue weighted by atomic mass is 35.5. The second-order valence-corrected chi connectivity index (χ2v) is 7.43. The summed E-state index contributed by atoms with van der Waals surface area (Å²) >= 11 is 5.97. The molecule has 1 amide bonds. The first-order chi connectivity index (χ1) is 16.5. The maximum absolute atomic E-state index is 12.4. The van der Waals surface area contributed by atoms with Crippen molar-refractivity contribution in [3.05, 3.63) is 106 Å². The van der Waals surface area contributed by atoms with Gasteiger partial charge >= 0.3 is 5.97 Å². The smallest absolute Gasteiger partial charge is 0.343 e. The van der Waals surface area contributed by atoms with Crippen LogP contribution in [0.1, 0.15) is 28.4 Å². The minimum atomic E-state index is -0.761. The Labute approximate surface area is 202 Å². The van der Waals surface area contributed by atoms with Gasteiger partial charge in [0.1, 0.15) is 23.7 Å². The summed E-state index contributed by atoms with van der Waals surface area (Å²) in [5, 5.41) is 14.9. The van der Waals surface area contributed by atoms with Crippen LogP contribution in [0.25, 0.3) is 5.76 Å². The van der Waals surface area contributed by atoms with E-state index in [2.05, 4.69) is 10.5 Å². The number of ether oxygens (including phenoxy) is 2. The minimum absolute atomic E-state index is 0.121. The van der Waals surface area contributed by atoms with Crippen molar-refractivity contribution in [1.29, 1.82) is 0 Å². The quantitative estimate of drug-likeness (QED) is 0.145. The van der Waals surface area contributed by atoms with Crippen LogP contribution in [0.3, 0.4) is 0 Å². The monoisotopic (exact) mass is 478 g/mol. The van der Waals surface area contributed by atoms with Crippen molar-refractivity contribution in [2.45, 2.75) is 13.5 Å². The number of aliphatic hydroxyl groups is 1. The van der Waals surface area contributed by atoms with Crippen molar-refractivity contribution < 1.29 is 24.2 Å². The van der Waals surface area contributed by atoms with Gasteiger partial charge in [-0.2, -0.15) is 5.10 Å². The van der Waals surface area contributed by atoms with Gasteiger partial charge in [0.2, 0.25) is 0 Å². The predicted molar refractivity (Wildman–Crippen MR) is 131 cm³/mol. The number of hydrogen-bond acceptors (Lipinski definition) is 6. The van der Waals surface area contributed by atoms with Crippen LogP contribution in [0.4, 0.5) is 0 Å². The first-order valence-electron chi connectivity index (χ1n) is 10.4. The van der Waals surface area contributed by atoms with Crippen LogP contribution in [0.2, 0.25) is 5.02 Å². The van der Waals surface area contributed by atoms with E-state index < -0.39 is 11.9 Å². The summed E-state index contributed by atoms with van der Waals surface area (Å²) in [5.41, 5.74) is 3.83. The highest BCUT2D eigenvalue weighted by Gasteiger charge is 2.16. The molecule has 3 aromatic carbocycles. The van der Waals surface area contributed by atoms with Crippen LogP contribution in [-0.4, -0.2) is 29.8 Å². The van der Waals surface area contributed by atoms with E-state index in [-0.39, 0.29) is 17.9 Å². The first-order valence-corrected chi connectivity index (χ1v) is 10.8. The SMILES string of the molecule is CCOC(=O)C(C=NNC(=O)c1ccc(OCc2cccc(Cl)c2)cc1)=C(O)c1ccccc1. The molecule has 2 N–H and O–H groups in total. The number of nitrogens with zero attached hydrogens (tertiary/aromatic N) is 1. The molecular formula is C26H23ClN2O5. The summed E-state index contributed by atoms with van der Waals surface area (Å²) in [6.45, 7) is 2.11. The van der Waals surface area contributed by atoms with Gasteiger partial charge < -0.3 is 14.6 Å². The third-order valence-corrected chi connectivity index (χ3v) is 4.80. The lowest BCUT2D eigenvalue weighted by molar-refractivity contribution is -0.137. The van der Waals surface area contributed by atoms with Gasteiger partial charge in [-0.25, -0.2) is 10.2 Å². The number of rotatable bonds is 9. The zero-order chi connectivity index (χ0) is 24.3. The Morgan fingerprint density at radius 3 is 2.41 bits per heavy atom. The molecule has 34 heavy (non-hydrogen) atoms. The number of hydrazone groups is 1. The number of aliphatic hydroxyl groups excluding tert-OH is 1. The summed E-state index contributed by atoms with van der Waals surface area (Å²) in [4.78, 5) is 24.7. The number of carbonyl (C=O) groups excluding carboxylic acids is 2. The molecule has 0 unspecified atom stereocenters. The van der Waals surface area contributed by atoms with E-state index in [1.807, 2.05) is 18.2 Å². The highest BCUT2D eigenvalue weighted by Crippen LogP contribution is 2.17. The van der Waals surface area contributed by atoms with E-state index in [0.717, 1.165) is 11.8 Å². The molecule has 3 rings (SSSR count). The molecule has 0 aromatic heterocycles. The van der Waals surface area contributed by atoms with Crippen molar-refractivity contribution in [2.75, 3.05) is 6.61 Å². The largest absolute Gasteiger partial charge is 0.506 e. The maximum Gasteiger partial charge on any atom is 0.343 e. The maximum atomic E-state index is 12.4. The van der Waals surface area contributed by atoms with Gasteiger partial charge in [0.25, 0.3) is 5.91 Å². The third kappa shape index (κ3) is 6.95. The Balaban J connectivity index is 1.64. The van der Waals surface area contributed by atoms with E-state index in [4.69, 9.17) is 21.1 Å². The van der Waals surface area contributed by atoms with Gasteiger partial charge in [-0.1, -0.05) is 54.1 Å². The number of amides is 1. The molecular weight excluding hydrogens is 456 g/mol. The second kappa shape index (κ2) is 12.2. The normalized spacial score (nSPS) is 11.6. The fourth-order valence-electron chi connectivity index (χ4n) is 2.89.